The van der Waals surface area contributed by atoms with E-state index in [2.05, 4.69) is 31.7 Å². The first-order chi connectivity index (χ1) is 8.24. The van der Waals surface area contributed by atoms with Crippen LogP contribution in [0.15, 0.2) is 28.7 Å². The summed E-state index contributed by atoms with van der Waals surface area (Å²) in [5.41, 5.74) is 4.11. The molecule has 2 rings (SSSR count). The van der Waals surface area contributed by atoms with E-state index in [-0.39, 0.29) is 0 Å². The first-order valence-corrected chi connectivity index (χ1v) is 6.60. The van der Waals surface area contributed by atoms with Gasteiger partial charge in [0.15, 0.2) is 5.11 Å². The molecule has 1 heterocycles. The number of thiocarbonyl (C=S) groups is 1. The standard InChI is InChI=1S/C11H14BrN3OS/c12-9-2-1-3-10(8-9)13-11(17)14-15-4-6-16-7-5-15/h1-3,8H,4-7H2,(H2,13,14,17). The highest BCUT2D eigenvalue weighted by atomic mass is 79.9. The summed E-state index contributed by atoms with van der Waals surface area (Å²) in [6, 6.07) is 7.89. The van der Waals surface area contributed by atoms with Crippen LogP contribution in [0.5, 0.6) is 0 Å². The highest BCUT2D eigenvalue weighted by Gasteiger charge is 2.10. The summed E-state index contributed by atoms with van der Waals surface area (Å²) in [4.78, 5) is 0. The van der Waals surface area contributed by atoms with Gasteiger partial charge in [0.05, 0.1) is 13.2 Å². The number of benzene rings is 1. The summed E-state index contributed by atoms with van der Waals surface area (Å²) >= 11 is 8.66. The van der Waals surface area contributed by atoms with Crippen molar-refractivity contribution < 1.29 is 4.74 Å². The minimum atomic E-state index is 0.602. The van der Waals surface area contributed by atoms with Crippen LogP contribution in [0, 0.1) is 0 Å². The lowest BCUT2D eigenvalue weighted by Crippen LogP contribution is -2.49. The van der Waals surface area contributed by atoms with Crippen LogP contribution in [0.1, 0.15) is 0 Å². The van der Waals surface area contributed by atoms with Gasteiger partial charge in [-0.2, -0.15) is 0 Å². The van der Waals surface area contributed by atoms with Gasteiger partial charge in [-0.05, 0) is 30.4 Å². The average molecular weight is 316 g/mol. The van der Waals surface area contributed by atoms with Crippen LogP contribution in [0.3, 0.4) is 0 Å². The summed E-state index contributed by atoms with van der Waals surface area (Å²) < 4.78 is 6.29. The molecule has 0 radical (unpaired) electrons. The second-order valence-corrected chi connectivity index (χ2v) is 5.00. The number of hydrogen-bond acceptors (Lipinski definition) is 3. The van der Waals surface area contributed by atoms with E-state index in [4.69, 9.17) is 17.0 Å². The molecule has 1 fully saturated rings. The van der Waals surface area contributed by atoms with Crippen LogP contribution >= 0.6 is 28.1 Å². The van der Waals surface area contributed by atoms with Gasteiger partial charge in [0.25, 0.3) is 0 Å². The molecule has 2 N–H and O–H groups in total. The lowest BCUT2D eigenvalue weighted by atomic mass is 10.3. The van der Waals surface area contributed by atoms with Gasteiger partial charge in [0.2, 0.25) is 0 Å². The average Bonchev–Trinajstić information content (AvgIpc) is 2.30. The number of rotatable bonds is 2. The van der Waals surface area contributed by atoms with Crippen LogP contribution in [-0.2, 0) is 4.74 Å². The third kappa shape index (κ3) is 4.23. The number of halogens is 1. The van der Waals surface area contributed by atoms with Crippen LogP contribution in [0.25, 0.3) is 0 Å². The van der Waals surface area contributed by atoms with Crippen molar-refractivity contribution >= 4 is 38.9 Å². The monoisotopic (exact) mass is 315 g/mol. The molecule has 4 nitrogen and oxygen atoms in total. The normalized spacial score (nSPS) is 16.5. The van der Waals surface area contributed by atoms with Crippen molar-refractivity contribution in [3.63, 3.8) is 0 Å². The molecule has 0 bridgehead atoms. The van der Waals surface area contributed by atoms with E-state index in [0.29, 0.717) is 5.11 Å². The fourth-order valence-corrected chi connectivity index (χ4v) is 2.19. The summed E-state index contributed by atoms with van der Waals surface area (Å²) in [6.45, 7) is 3.18. The van der Waals surface area contributed by atoms with Crippen LogP contribution in [0.2, 0.25) is 0 Å². The fourth-order valence-electron chi connectivity index (χ4n) is 1.54. The van der Waals surface area contributed by atoms with Crippen molar-refractivity contribution in [1.29, 1.82) is 0 Å². The zero-order valence-electron chi connectivity index (χ0n) is 9.28. The molecular weight excluding hydrogens is 302 g/mol. The van der Waals surface area contributed by atoms with E-state index < -0.39 is 0 Å². The van der Waals surface area contributed by atoms with Crippen molar-refractivity contribution in [2.45, 2.75) is 0 Å². The molecule has 0 saturated carbocycles. The Labute approximate surface area is 114 Å². The minimum absolute atomic E-state index is 0.602. The van der Waals surface area contributed by atoms with E-state index in [9.17, 15) is 0 Å². The van der Waals surface area contributed by atoms with E-state index >= 15 is 0 Å². The van der Waals surface area contributed by atoms with Gasteiger partial charge >= 0.3 is 0 Å². The van der Waals surface area contributed by atoms with E-state index in [0.717, 1.165) is 36.5 Å². The van der Waals surface area contributed by atoms with E-state index in [1.54, 1.807) is 0 Å². The Morgan fingerprint density at radius 1 is 1.35 bits per heavy atom. The van der Waals surface area contributed by atoms with E-state index in [1.165, 1.54) is 0 Å². The Hall–Kier alpha value is -0.690. The second kappa shape index (κ2) is 6.30. The Kier molecular flexibility index (Phi) is 4.73. The number of morpholine rings is 1. The van der Waals surface area contributed by atoms with Gasteiger partial charge < -0.3 is 10.1 Å². The number of nitrogens with zero attached hydrogens (tertiary/aromatic N) is 1. The molecule has 6 heteroatoms. The highest BCUT2D eigenvalue weighted by molar-refractivity contribution is 9.10. The topological polar surface area (TPSA) is 36.5 Å². The molecule has 1 aliphatic rings. The van der Waals surface area contributed by atoms with Crippen molar-refractivity contribution in [1.82, 2.24) is 10.4 Å². The first-order valence-electron chi connectivity index (χ1n) is 5.40. The number of nitrogens with one attached hydrogen (secondary N) is 2. The maximum atomic E-state index is 5.26. The Morgan fingerprint density at radius 3 is 2.82 bits per heavy atom. The van der Waals surface area contributed by atoms with Gasteiger partial charge in [-0.25, -0.2) is 5.01 Å². The summed E-state index contributed by atoms with van der Waals surface area (Å²) in [5, 5.41) is 5.79. The molecule has 17 heavy (non-hydrogen) atoms. The SMILES string of the molecule is S=C(Nc1cccc(Br)c1)NN1CCOCC1. The summed E-state index contributed by atoms with van der Waals surface area (Å²) in [6.07, 6.45) is 0. The third-order valence-electron chi connectivity index (χ3n) is 2.35. The van der Waals surface area contributed by atoms with Crippen LogP contribution in [-0.4, -0.2) is 36.4 Å². The van der Waals surface area contributed by atoms with Crippen molar-refractivity contribution in [2.24, 2.45) is 0 Å². The van der Waals surface area contributed by atoms with Crippen molar-refractivity contribution in [3.05, 3.63) is 28.7 Å². The fraction of sp³-hybridized carbons (Fsp3) is 0.364. The van der Waals surface area contributed by atoms with Gasteiger partial charge in [-0.1, -0.05) is 22.0 Å². The van der Waals surface area contributed by atoms with Gasteiger partial charge in [-0.3, -0.25) is 5.43 Å². The zero-order chi connectivity index (χ0) is 12.1. The Balaban J connectivity index is 1.84. The smallest absolute Gasteiger partial charge is 0.185 e. The maximum absolute atomic E-state index is 5.26. The molecule has 0 atom stereocenters. The third-order valence-corrected chi connectivity index (χ3v) is 3.04. The van der Waals surface area contributed by atoms with Crippen LogP contribution < -0.4 is 10.7 Å². The first kappa shape index (κ1) is 12.8. The largest absolute Gasteiger partial charge is 0.379 e. The van der Waals surface area contributed by atoms with Gasteiger partial charge in [-0.15, -0.1) is 0 Å². The lowest BCUT2D eigenvalue weighted by molar-refractivity contribution is 0.0252. The molecule has 0 spiro atoms. The molecule has 0 aromatic heterocycles. The number of ether oxygens (including phenoxy) is 1. The highest BCUT2D eigenvalue weighted by Crippen LogP contribution is 2.15. The zero-order valence-corrected chi connectivity index (χ0v) is 11.7. The summed E-state index contributed by atoms with van der Waals surface area (Å²) in [5.74, 6) is 0. The van der Waals surface area contributed by atoms with Gasteiger partial charge in [0.1, 0.15) is 0 Å². The Bertz CT molecular complexity index is 396. The molecular formula is C11H14BrN3OS. The predicted octanol–water partition coefficient (Wildman–Crippen LogP) is 1.98. The molecule has 0 aliphatic carbocycles. The minimum Gasteiger partial charge on any atom is -0.379 e. The van der Waals surface area contributed by atoms with Crippen LogP contribution in [0.4, 0.5) is 5.69 Å². The molecule has 92 valence electrons. The quantitative estimate of drug-likeness (QED) is 0.816. The molecule has 0 unspecified atom stereocenters. The molecule has 1 aromatic carbocycles. The molecule has 1 saturated heterocycles. The van der Waals surface area contributed by atoms with Gasteiger partial charge in [0, 0.05) is 23.2 Å². The van der Waals surface area contributed by atoms with Crippen molar-refractivity contribution in [3.8, 4) is 0 Å². The van der Waals surface area contributed by atoms with E-state index in [1.807, 2.05) is 24.3 Å². The second-order valence-electron chi connectivity index (χ2n) is 3.68. The Morgan fingerprint density at radius 2 is 2.12 bits per heavy atom. The number of hydrazine groups is 1. The summed E-state index contributed by atoms with van der Waals surface area (Å²) in [7, 11) is 0. The molecule has 0 amide bonds. The molecule has 1 aliphatic heterocycles. The molecule has 1 aromatic rings. The van der Waals surface area contributed by atoms with Crippen molar-refractivity contribution in [2.75, 3.05) is 31.6 Å². The number of anilines is 1. The predicted molar refractivity (Wildman–Crippen MR) is 75.9 cm³/mol. The maximum Gasteiger partial charge on any atom is 0.185 e. The lowest BCUT2D eigenvalue weighted by Gasteiger charge is -2.28. The number of hydrogen-bond donors (Lipinski definition) is 2.